The van der Waals surface area contributed by atoms with Crippen LogP contribution in [0.1, 0.15) is 17.8 Å². The van der Waals surface area contributed by atoms with Gasteiger partial charge in [0.25, 0.3) is 0 Å². The molecule has 1 saturated heterocycles. The molecule has 8 nitrogen and oxygen atoms in total. The van der Waals surface area contributed by atoms with Crippen molar-refractivity contribution in [1.82, 2.24) is 25.0 Å². The van der Waals surface area contributed by atoms with Gasteiger partial charge in [-0.2, -0.15) is 9.97 Å². The van der Waals surface area contributed by atoms with E-state index in [4.69, 9.17) is 20.9 Å². The molecule has 3 heterocycles. The molecule has 3 rings (SSSR count). The quantitative estimate of drug-likeness (QED) is 0.836. The first-order valence-electron chi connectivity index (χ1n) is 6.90. The lowest BCUT2D eigenvalue weighted by Gasteiger charge is -2.38. The number of ether oxygens (including phenoxy) is 1. The summed E-state index contributed by atoms with van der Waals surface area (Å²) in [6.07, 6.45) is 1.55. The Morgan fingerprint density at radius 1 is 1.36 bits per heavy atom. The lowest BCUT2D eigenvalue weighted by molar-refractivity contribution is 0.177. The Morgan fingerprint density at radius 3 is 2.86 bits per heavy atom. The molecule has 2 aromatic heterocycles. The number of rotatable bonds is 3. The summed E-state index contributed by atoms with van der Waals surface area (Å²) in [6.45, 7) is 4.08. The van der Waals surface area contributed by atoms with Gasteiger partial charge in [0.05, 0.1) is 13.3 Å². The molecule has 22 heavy (non-hydrogen) atoms. The second kappa shape index (κ2) is 6.05. The lowest BCUT2D eigenvalue weighted by Crippen LogP contribution is -2.47. The average Bonchev–Trinajstić information content (AvgIpc) is 2.95. The first-order valence-corrected chi connectivity index (χ1v) is 7.28. The maximum atomic E-state index is 6.23. The first-order chi connectivity index (χ1) is 10.6. The number of hydrogen-bond donors (Lipinski definition) is 0. The highest BCUT2D eigenvalue weighted by Crippen LogP contribution is 2.30. The van der Waals surface area contributed by atoms with Crippen molar-refractivity contribution in [1.29, 1.82) is 0 Å². The van der Waals surface area contributed by atoms with Crippen LogP contribution in [0.25, 0.3) is 0 Å². The number of nitrogens with zero attached hydrogens (tertiary/aromatic N) is 6. The number of aromatic nitrogens is 4. The van der Waals surface area contributed by atoms with E-state index in [0.717, 1.165) is 13.1 Å². The van der Waals surface area contributed by atoms with Gasteiger partial charge < -0.3 is 14.2 Å². The van der Waals surface area contributed by atoms with E-state index >= 15 is 0 Å². The number of halogens is 1. The third-order valence-corrected chi connectivity index (χ3v) is 3.93. The van der Waals surface area contributed by atoms with Gasteiger partial charge in [0.1, 0.15) is 11.1 Å². The highest BCUT2D eigenvalue weighted by Gasteiger charge is 2.31. The van der Waals surface area contributed by atoms with Gasteiger partial charge in [-0.15, -0.1) is 0 Å². The van der Waals surface area contributed by atoms with Gasteiger partial charge in [-0.1, -0.05) is 16.8 Å². The fraction of sp³-hybridized carbons (Fsp3) is 0.538. The Hall–Kier alpha value is -1.93. The van der Waals surface area contributed by atoms with Crippen LogP contribution in [0.2, 0.25) is 5.02 Å². The molecular weight excluding hydrogens is 308 g/mol. The summed E-state index contributed by atoms with van der Waals surface area (Å²) in [5.74, 6) is 1.88. The van der Waals surface area contributed by atoms with Crippen molar-refractivity contribution in [3.63, 3.8) is 0 Å². The van der Waals surface area contributed by atoms with Gasteiger partial charge in [0, 0.05) is 19.6 Å². The van der Waals surface area contributed by atoms with E-state index in [2.05, 4.69) is 29.9 Å². The standard InChI is InChI=1S/C13H17ClN6O2/c1-8-16-12(22-18-8)10-7-20(5-4-19(10)2)11-9(14)6-15-13(17-11)21-3/h6,10H,4-5,7H2,1-3H3. The Balaban J connectivity index is 1.87. The van der Waals surface area contributed by atoms with Crippen molar-refractivity contribution in [2.24, 2.45) is 0 Å². The Morgan fingerprint density at radius 2 is 2.18 bits per heavy atom. The normalized spacial score (nSPS) is 19.5. The van der Waals surface area contributed by atoms with Gasteiger partial charge in [-0.05, 0) is 14.0 Å². The largest absolute Gasteiger partial charge is 0.467 e. The fourth-order valence-corrected chi connectivity index (χ4v) is 2.65. The minimum atomic E-state index is -0.00743. The average molecular weight is 325 g/mol. The molecule has 1 unspecified atom stereocenters. The van der Waals surface area contributed by atoms with E-state index < -0.39 is 0 Å². The van der Waals surface area contributed by atoms with Gasteiger partial charge in [0.15, 0.2) is 11.6 Å². The molecule has 1 aliphatic heterocycles. The summed E-state index contributed by atoms with van der Waals surface area (Å²) >= 11 is 6.23. The summed E-state index contributed by atoms with van der Waals surface area (Å²) in [5.41, 5.74) is 0. The van der Waals surface area contributed by atoms with Crippen molar-refractivity contribution in [2.45, 2.75) is 13.0 Å². The highest BCUT2D eigenvalue weighted by molar-refractivity contribution is 6.32. The Labute approximate surface area is 133 Å². The fourth-order valence-electron chi connectivity index (χ4n) is 2.44. The van der Waals surface area contributed by atoms with E-state index in [1.54, 1.807) is 13.1 Å². The van der Waals surface area contributed by atoms with Gasteiger partial charge in [-0.3, -0.25) is 4.90 Å². The molecule has 1 fully saturated rings. The molecule has 0 N–H and O–H groups in total. The smallest absolute Gasteiger partial charge is 0.318 e. The number of hydrogen-bond acceptors (Lipinski definition) is 8. The molecule has 0 radical (unpaired) electrons. The zero-order valence-corrected chi connectivity index (χ0v) is 13.4. The van der Waals surface area contributed by atoms with Gasteiger partial charge in [-0.25, -0.2) is 4.98 Å². The lowest BCUT2D eigenvalue weighted by atomic mass is 10.1. The van der Waals surface area contributed by atoms with Crippen molar-refractivity contribution < 1.29 is 9.26 Å². The van der Waals surface area contributed by atoms with Crippen LogP contribution in [0.15, 0.2) is 10.7 Å². The molecule has 0 amide bonds. The predicted molar refractivity (Wildman–Crippen MR) is 80.2 cm³/mol. The third-order valence-electron chi connectivity index (χ3n) is 3.66. The molecule has 9 heteroatoms. The molecule has 1 atom stereocenters. The van der Waals surface area contributed by atoms with Crippen LogP contribution in [-0.4, -0.2) is 58.8 Å². The second-order valence-corrected chi connectivity index (χ2v) is 5.56. The van der Waals surface area contributed by atoms with Crippen LogP contribution in [0, 0.1) is 6.92 Å². The van der Waals surface area contributed by atoms with E-state index in [9.17, 15) is 0 Å². The van der Waals surface area contributed by atoms with Crippen LogP contribution >= 0.6 is 11.6 Å². The first kappa shape index (κ1) is 15.0. The van der Waals surface area contributed by atoms with Crippen molar-refractivity contribution in [3.05, 3.63) is 22.9 Å². The molecule has 0 saturated carbocycles. The summed E-state index contributed by atoms with van der Waals surface area (Å²) in [7, 11) is 3.56. The number of methoxy groups -OCH3 is 1. The summed E-state index contributed by atoms with van der Waals surface area (Å²) in [5, 5.41) is 4.36. The van der Waals surface area contributed by atoms with Crippen molar-refractivity contribution in [3.8, 4) is 6.01 Å². The molecule has 2 aromatic rings. The summed E-state index contributed by atoms with van der Waals surface area (Å²) in [4.78, 5) is 16.9. The maximum Gasteiger partial charge on any atom is 0.318 e. The van der Waals surface area contributed by atoms with Crippen molar-refractivity contribution in [2.75, 3.05) is 38.7 Å². The van der Waals surface area contributed by atoms with Crippen LogP contribution < -0.4 is 9.64 Å². The third kappa shape index (κ3) is 2.84. The minimum absolute atomic E-state index is 0.00743. The van der Waals surface area contributed by atoms with Gasteiger partial charge in [0.2, 0.25) is 5.89 Å². The molecule has 0 aromatic carbocycles. The molecule has 118 valence electrons. The number of likely N-dealkylation sites (N-methyl/N-ethyl adjacent to an activating group) is 1. The van der Waals surface area contributed by atoms with E-state index in [1.807, 2.05) is 7.05 Å². The molecule has 0 bridgehead atoms. The number of aryl methyl sites for hydroxylation is 1. The molecular formula is C13H17ClN6O2. The minimum Gasteiger partial charge on any atom is -0.467 e. The van der Waals surface area contributed by atoms with Crippen LogP contribution in [0.5, 0.6) is 6.01 Å². The number of anilines is 1. The second-order valence-electron chi connectivity index (χ2n) is 5.15. The summed E-state index contributed by atoms with van der Waals surface area (Å²) in [6, 6.07) is 0.287. The van der Waals surface area contributed by atoms with E-state index in [0.29, 0.717) is 35.1 Å². The van der Waals surface area contributed by atoms with Crippen molar-refractivity contribution >= 4 is 17.4 Å². The highest BCUT2D eigenvalue weighted by atomic mass is 35.5. The molecule has 0 spiro atoms. The van der Waals surface area contributed by atoms with Crippen LogP contribution in [-0.2, 0) is 0 Å². The topological polar surface area (TPSA) is 80.4 Å². The number of piperazine rings is 1. The maximum absolute atomic E-state index is 6.23. The zero-order chi connectivity index (χ0) is 15.7. The van der Waals surface area contributed by atoms with Gasteiger partial charge >= 0.3 is 6.01 Å². The van der Waals surface area contributed by atoms with E-state index in [-0.39, 0.29) is 6.04 Å². The predicted octanol–water partition coefficient (Wildman–Crippen LogP) is 1.32. The molecule has 0 aliphatic carbocycles. The van der Waals surface area contributed by atoms with Crippen LogP contribution in [0.4, 0.5) is 5.82 Å². The monoisotopic (exact) mass is 324 g/mol. The van der Waals surface area contributed by atoms with Crippen LogP contribution in [0.3, 0.4) is 0 Å². The Bertz CT molecular complexity index is 664. The zero-order valence-electron chi connectivity index (χ0n) is 12.7. The SMILES string of the molecule is COc1ncc(Cl)c(N2CCN(C)C(c3nc(C)no3)C2)n1. The van der Waals surface area contributed by atoms with E-state index in [1.165, 1.54) is 7.11 Å². The Kier molecular flexibility index (Phi) is 4.12. The molecule has 1 aliphatic rings. The summed E-state index contributed by atoms with van der Waals surface area (Å²) < 4.78 is 10.4.